The van der Waals surface area contributed by atoms with Gasteiger partial charge in [-0.1, -0.05) is 0 Å². The highest BCUT2D eigenvalue weighted by atomic mass is 32.2. The molecule has 1 aliphatic heterocycles. The van der Waals surface area contributed by atoms with Crippen LogP contribution in [0.4, 0.5) is 0 Å². The van der Waals surface area contributed by atoms with Crippen molar-refractivity contribution in [1.82, 2.24) is 14.3 Å². The second kappa shape index (κ2) is 7.24. The van der Waals surface area contributed by atoms with Gasteiger partial charge in [0, 0.05) is 12.6 Å². The average molecular weight is 398 g/mol. The molecular weight excluding hydrogens is 380 g/mol. The lowest BCUT2D eigenvalue weighted by Crippen LogP contribution is -2.35. The fourth-order valence-corrected chi connectivity index (χ4v) is 4.34. The summed E-state index contributed by atoms with van der Waals surface area (Å²) in [4.78, 5) is 4.69. The van der Waals surface area contributed by atoms with Crippen LogP contribution in [0.15, 0.2) is 47.4 Å². The van der Waals surface area contributed by atoms with Gasteiger partial charge in [0.05, 0.1) is 47.3 Å². The summed E-state index contributed by atoms with van der Waals surface area (Å²) in [7, 11) is -2.11. The standard InChI is InChI=1S/C19H18N4O4S/c1-26-15-4-7-17-18(8-15)23-14(11-27-12-19(23)22-17)10-21-28(24,25)16-5-2-13(9-20)3-6-16/h2-8,14,21H,10-12H2,1H3. The Balaban J connectivity index is 1.60. The van der Waals surface area contributed by atoms with E-state index in [9.17, 15) is 8.42 Å². The van der Waals surface area contributed by atoms with Crippen molar-refractivity contribution < 1.29 is 17.9 Å². The number of imidazole rings is 1. The molecule has 0 amide bonds. The first kappa shape index (κ1) is 18.4. The van der Waals surface area contributed by atoms with E-state index in [0.29, 0.717) is 24.5 Å². The maximum atomic E-state index is 12.6. The number of nitrogens with one attached hydrogen (secondary N) is 1. The topological polar surface area (TPSA) is 106 Å². The third kappa shape index (κ3) is 3.33. The Kier molecular flexibility index (Phi) is 4.77. The molecule has 2 heterocycles. The second-order valence-corrected chi connectivity index (χ2v) is 8.18. The van der Waals surface area contributed by atoms with E-state index >= 15 is 0 Å². The number of methoxy groups -OCH3 is 1. The number of ether oxygens (including phenoxy) is 2. The van der Waals surface area contributed by atoms with Crippen LogP contribution < -0.4 is 9.46 Å². The lowest BCUT2D eigenvalue weighted by molar-refractivity contribution is 0.0581. The van der Waals surface area contributed by atoms with E-state index in [-0.39, 0.29) is 17.5 Å². The van der Waals surface area contributed by atoms with Crippen LogP contribution in [0.5, 0.6) is 5.75 Å². The zero-order chi connectivity index (χ0) is 19.7. The van der Waals surface area contributed by atoms with E-state index in [1.165, 1.54) is 24.3 Å². The van der Waals surface area contributed by atoms with Crippen molar-refractivity contribution in [3.05, 3.63) is 53.9 Å². The number of hydrogen-bond acceptors (Lipinski definition) is 6. The molecule has 0 spiro atoms. The van der Waals surface area contributed by atoms with Crippen molar-refractivity contribution in [2.75, 3.05) is 20.3 Å². The largest absolute Gasteiger partial charge is 0.497 e. The zero-order valence-corrected chi connectivity index (χ0v) is 15.9. The maximum Gasteiger partial charge on any atom is 0.240 e. The van der Waals surface area contributed by atoms with E-state index in [2.05, 4.69) is 9.71 Å². The molecule has 8 nitrogen and oxygen atoms in total. The van der Waals surface area contributed by atoms with E-state index in [1.807, 2.05) is 28.8 Å². The molecule has 0 radical (unpaired) electrons. The van der Waals surface area contributed by atoms with E-state index in [0.717, 1.165) is 16.9 Å². The predicted octanol–water partition coefficient (Wildman–Crippen LogP) is 1.97. The van der Waals surface area contributed by atoms with Crippen molar-refractivity contribution in [3.8, 4) is 11.8 Å². The average Bonchev–Trinajstić information content (AvgIpc) is 3.10. The van der Waals surface area contributed by atoms with Crippen LogP contribution in [0.1, 0.15) is 17.4 Å². The lowest BCUT2D eigenvalue weighted by atomic mass is 10.2. The van der Waals surface area contributed by atoms with Crippen LogP contribution >= 0.6 is 0 Å². The van der Waals surface area contributed by atoms with Crippen molar-refractivity contribution in [2.45, 2.75) is 17.5 Å². The highest BCUT2D eigenvalue weighted by Gasteiger charge is 2.26. The summed E-state index contributed by atoms with van der Waals surface area (Å²) in [6, 6.07) is 13.1. The molecule has 28 heavy (non-hydrogen) atoms. The SMILES string of the molecule is COc1ccc2nc3n(c2c1)C(CNS(=O)(=O)c1ccc(C#N)cc1)COC3. The lowest BCUT2D eigenvalue weighted by Gasteiger charge is -2.26. The fourth-order valence-electron chi connectivity index (χ4n) is 3.27. The molecule has 1 aromatic heterocycles. The Morgan fingerprint density at radius 2 is 2.11 bits per heavy atom. The van der Waals surface area contributed by atoms with Gasteiger partial charge in [0.2, 0.25) is 10.0 Å². The summed E-state index contributed by atoms with van der Waals surface area (Å²) < 4.78 is 40.8. The van der Waals surface area contributed by atoms with Crippen molar-refractivity contribution in [2.24, 2.45) is 0 Å². The normalized spacial score (nSPS) is 16.5. The van der Waals surface area contributed by atoms with Crippen LogP contribution in [0.2, 0.25) is 0 Å². The minimum atomic E-state index is -3.71. The molecule has 1 N–H and O–H groups in total. The molecule has 0 aliphatic carbocycles. The third-order valence-corrected chi connectivity index (χ3v) is 6.12. The molecule has 3 aromatic rings. The van der Waals surface area contributed by atoms with E-state index < -0.39 is 10.0 Å². The number of fused-ring (bicyclic) bond motifs is 3. The minimum absolute atomic E-state index is 0.112. The molecule has 1 unspecified atom stereocenters. The van der Waals surface area contributed by atoms with E-state index in [4.69, 9.17) is 14.7 Å². The van der Waals surface area contributed by atoms with Gasteiger partial charge in [-0.25, -0.2) is 18.1 Å². The Morgan fingerprint density at radius 1 is 1.32 bits per heavy atom. The molecule has 0 saturated carbocycles. The van der Waals surface area contributed by atoms with Gasteiger partial charge in [-0.3, -0.25) is 0 Å². The number of rotatable bonds is 5. The van der Waals surface area contributed by atoms with Crippen LogP contribution in [-0.4, -0.2) is 38.2 Å². The number of hydrogen-bond donors (Lipinski definition) is 1. The monoisotopic (exact) mass is 398 g/mol. The summed E-state index contributed by atoms with van der Waals surface area (Å²) in [5.41, 5.74) is 2.09. The maximum absolute atomic E-state index is 12.6. The Morgan fingerprint density at radius 3 is 2.82 bits per heavy atom. The number of nitrogens with zero attached hydrogens (tertiary/aromatic N) is 3. The van der Waals surface area contributed by atoms with Gasteiger partial charge in [0.15, 0.2) is 0 Å². The van der Waals surface area contributed by atoms with Crippen LogP contribution in [0, 0.1) is 11.3 Å². The molecule has 2 aromatic carbocycles. The third-order valence-electron chi connectivity index (χ3n) is 4.68. The van der Waals surface area contributed by atoms with Gasteiger partial charge in [0.1, 0.15) is 18.2 Å². The molecule has 1 aliphatic rings. The molecular formula is C19H18N4O4S. The van der Waals surface area contributed by atoms with Gasteiger partial charge in [0.25, 0.3) is 0 Å². The molecule has 0 fully saturated rings. The fraction of sp³-hybridized carbons (Fsp3) is 0.263. The Hall–Kier alpha value is -2.93. The quantitative estimate of drug-likeness (QED) is 0.704. The molecule has 0 bridgehead atoms. The molecule has 144 valence electrons. The van der Waals surface area contributed by atoms with E-state index in [1.54, 1.807) is 7.11 Å². The highest BCUT2D eigenvalue weighted by Crippen LogP contribution is 2.28. The van der Waals surface area contributed by atoms with Crippen LogP contribution in [0.25, 0.3) is 11.0 Å². The summed E-state index contributed by atoms with van der Waals surface area (Å²) in [5, 5.41) is 8.85. The molecule has 9 heteroatoms. The first-order valence-electron chi connectivity index (χ1n) is 8.64. The number of sulfonamides is 1. The minimum Gasteiger partial charge on any atom is -0.497 e. The van der Waals surface area contributed by atoms with Gasteiger partial charge < -0.3 is 14.0 Å². The highest BCUT2D eigenvalue weighted by molar-refractivity contribution is 7.89. The molecule has 1 atom stereocenters. The van der Waals surface area contributed by atoms with Crippen molar-refractivity contribution in [1.29, 1.82) is 5.26 Å². The summed E-state index contributed by atoms with van der Waals surface area (Å²) in [6.07, 6.45) is 0. The van der Waals surface area contributed by atoms with Crippen molar-refractivity contribution >= 4 is 21.1 Å². The predicted molar refractivity (Wildman–Crippen MR) is 101 cm³/mol. The van der Waals surface area contributed by atoms with Gasteiger partial charge in [-0.2, -0.15) is 5.26 Å². The van der Waals surface area contributed by atoms with Crippen molar-refractivity contribution in [3.63, 3.8) is 0 Å². The second-order valence-electron chi connectivity index (χ2n) is 6.41. The van der Waals surface area contributed by atoms with Gasteiger partial charge >= 0.3 is 0 Å². The number of aromatic nitrogens is 2. The Bertz CT molecular complexity index is 1160. The van der Waals surface area contributed by atoms with Crippen LogP contribution in [-0.2, 0) is 21.4 Å². The Labute approximate surface area is 162 Å². The summed E-state index contributed by atoms with van der Waals surface area (Å²) in [6.45, 7) is 0.888. The zero-order valence-electron chi connectivity index (χ0n) is 15.1. The summed E-state index contributed by atoms with van der Waals surface area (Å²) >= 11 is 0. The van der Waals surface area contributed by atoms with Gasteiger partial charge in [-0.15, -0.1) is 0 Å². The van der Waals surface area contributed by atoms with Gasteiger partial charge in [-0.05, 0) is 36.4 Å². The molecule has 4 rings (SSSR count). The smallest absolute Gasteiger partial charge is 0.240 e. The first-order chi connectivity index (χ1) is 13.5. The number of nitriles is 1. The first-order valence-corrected chi connectivity index (χ1v) is 10.1. The number of benzene rings is 2. The summed E-state index contributed by atoms with van der Waals surface area (Å²) in [5.74, 6) is 1.45. The van der Waals surface area contributed by atoms with Crippen LogP contribution in [0.3, 0.4) is 0 Å². The molecule has 0 saturated heterocycles.